The third-order valence-electron chi connectivity index (χ3n) is 3.07. The second-order valence-corrected chi connectivity index (χ2v) is 4.75. The molecule has 0 saturated carbocycles. The normalized spacial score (nSPS) is 17.4. The van der Waals surface area contributed by atoms with Gasteiger partial charge in [0, 0.05) is 24.7 Å². The Morgan fingerprint density at radius 2 is 2.18 bits per heavy atom. The van der Waals surface area contributed by atoms with Crippen LogP contribution < -0.4 is 10.2 Å². The minimum absolute atomic E-state index is 0.741. The molecule has 1 aromatic heterocycles. The van der Waals surface area contributed by atoms with Gasteiger partial charge in [0.1, 0.15) is 0 Å². The highest BCUT2D eigenvalue weighted by Crippen LogP contribution is 2.21. The molecule has 2 heterocycles. The maximum atomic E-state index is 5.97. The Morgan fingerprint density at radius 3 is 3.12 bits per heavy atom. The van der Waals surface area contributed by atoms with Gasteiger partial charge in [0.05, 0.1) is 11.0 Å². The molecule has 0 amide bonds. The van der Waals surface area contributed by atoms with Gasteiger partial charge in [0.2, 0.25) is 5.95 Å². The molecule has 2 aromatic rings. The van der Waals surface area contributed by atoms with Gasteiger partial charge in [-0.05, 0) is 31.2 Å². The van der Waals surface area contributed by atoms with E-state index in [0.717, 1.165) is 54.6 Å². The lowest BCUT2D eigenvalue weighted by Gasteiger charge is -2.18. The van der Waals surface area contributed by atoms with E-state index >= 15 is 0 Å². The van der Waals surface area contributed by atoms with Crippen LogP contribution in [0.15, 0.2) is 18.2 Å². The molecule has 0 radical (unpaired) electrons. The summed E-state index contributed by atoms with van der Waals surface area (Å²) in [5.41, 5.74) is 1.98. The van der Waals surface area contributed by atoms with Crippen LogP contribution in [0.5, 0.6) is 0 Å². The van der Waals surface area contributed by atoms with Gasteiger partial charge >= 0.3 is 0 Å². The SMILES string of the molecule is Clc1ccc2nc(N3CCCNCC3)[nH]c2c1. The van der Waals surface area contributed by atoms with Crippen LogP contribution in [0, 0.1) is 0 Å². The lowest BCUT2D eigenvalue weighted by atomic mass is 10.3. The van der Waals surface area contributed by atoms with Gasteiger partial charge in [0.15, 0.2) is 0 Å². The van der Waals surface area contributed by atoms with Crippen LogP contribution in [0.25, 0.3) is 11.0 Å². The summed E-state index contributed by atoms with van der Waals surface area (Å²) in [5.74, 6) is 0.950. The van der Waals surface area contributed by atoms with Crippen LogP contribution in [0.1, 0.15) is 6.42 Å². The lowest BCUT2D eigenvalue weighted by molar-refractivity contribution is 0.724. The highest BCUT2D eigenvalue weighted by Gasteiger charge is 2.13. The summed E-state index contributed by atoms with van der Waals surface area (Å²) in [5, 5.41) is 4.13. The molecule has 1 aromatic carbocycles. The monoisotopic (exact) mass is 250 g/mol. The second kappa shape index (κ2) is 4.55. The van der Waals surface area contributed by atoms with E-state index in [-0.39, 0.29) is 0 Å². The zero-order valence-electron chi connectivity index (χ0n) is 9.54. The third kappa shape index (κ3) is 2.23. The van der Waals surface area contributed by atoms with Crippen LogP contribution in [-0.2, 0) is 0 Å². The summed E-state index contributed by atoms with van der Waals surface area (Å²) in [6, 6.07) is 5.75. The van der Waals surface area contributed by atoms with Crippen molar-refractivity contribution in [2.24, 2.45) is 0 Å². The van der Waals surface area contributed by atoms with E-state index in [1.54, 1.807) is 0 Å². The van der Waals surface area contributed by atoms with Crippen molar-refractivity contribution >= 4 is 28.6 Å². The number of aromatic nitrogens is 2. The van der Waals surface area contributed by atoms with Crippen LogP contribution in [0.2, 0.25) is 5.02 Å². The summed E-state index contributed by atoms with van der Waals surface area (Å²) < 4.78 is 0. The van der Waals surface area contributed by atoms with E-state index in [1.807, 2.05) is 18.2 Å². The number of nitrogens with one attached hydrogen (secondary N) is 2. The smallest absolute Gasteiger partial charge is 0.203 e. The molecular formula is C12H15ClN4. The fourth-order valence-electron chi connectivity index (χ4n) is 2.18. The third-order valence-corrected chi connectivity index (χ3v) is 3.31. The molecule has 17 heavy (non-hydrogen) atoms. The maximum Gasteiger partial charge on any atom is 0.203 e. The van der Waals surface area contributed by atoms with Crippen molar-refractivity contribution in [3.8, 4) is 0 Å². The van der Waals surface area contributed by atoms with E-state index in [0.29, 0.717) is 0 Å². The Balaban J connectivity index is 1.93. The molecule has 3 rings (SSSR count). The minimum Gasteiger partial charge on any atom is -0.341 e. The first-order chi connectivity index (χ1) is 8.33. The average molecular weight is 251 g/mol. The first-order valence-corrected chi connectivity index (χ1v) is 6.32. The Kier molecular flexibility index (Phi) is 2.91. The number of benzene rings is 1. The van der Waals surface area contributed by atoms with E-state index in [9.17, 15) is 0 Å². The highest BCUT2D eigenvalue weighted by molar-refractivity contribution is 6.31. The van der Waals surface area contributed by atoms with Gasteiger partial charge in [0.25, 0.3) is 0 Å². The van der Waals surface area contributed by atoms with Gasteiger partial charge in [-0.1, -0.05) is 11.6 Å². The van der Waals surface area contributed by atoms with Crippen LogP contribution in [-0.4, -0.2) is 36.1 Å². The predicted molar refractivity (Wildman–Crippen MR) is 70.8 cm³/mol. The Bertz CT molecular complexity index is 514. The predicted octanol–water partition coefficient (Wildman–Crippen LogP) is 2.02. The molecular weight excluding hydrogens is 236 g/mol. The van der Waals surface area contributed by atoms with Crippen LogP contribution in [0.4, 0.5) is 5.95 Å². The molecule has 0 atom stereocenters. The number of imidazole rings is 1. The molecule has 4 nitrogen and oxygen atoms in total. The Hall–Kier alpha value is -1.26. The van der Waals surface area contributed by atoms with Crippen molar-refractivity contribution in [1.29, 1.82) is 0 Å². The average Bonchev–Trinajstić information content (AvgIpc) is 2.57. The molecule has 2 N–H and O–H groups in total. The molecule has 5 heteroatoms. The molecule has 1 aliphatic rings. The number of anilines is 1. The number of hydrogen-bond donors (Lipinski definition) is 2. The fraction of sp³-hybridized carbons (Fsp3) is 0.417. The first kappa shape index (κ1) is 10.9. The number of halogens is 1. The van der Waals surface area contributed by atoms with E-state index in [4.69, 9.17) is 11.6 Å². The van der Waals surface area contributed by atoms with Gasteiger partial charge in [-0.3, -0.25) is 0 Å². The molecule has 0 spiro atoms. The van der Waals surface area contributed by atoms with Crippen molar-refractivity contribution in [1.82, 2.24) is 15.3 Å². The molecule has 0 bridgehead atoms. The molecule has 0 unspecified atom stereocenters. The van der Waals surface area contributed by atoms with Crippen molar-refractivity contribution in [3.05, 3.63) is 23.2 Å². The van der Waals surface area contributed by atoms with Crippen molar-refractivity contribution in [2.75, 3.05) is 31.1 Å². The highest BCUT2D eigenvalue weighted by atomic mass is 35.5. The van der Waals surface area contributed by atoms with Crippen molar-refractivity contribution in [2.45, 2.75) is 6.42 Å². The number of aromatic amines is 1. The molecule has 1 fully saturated rings. The van der Waals surface area contributed by atoms with Gasteiger partial charge < -0.3 is 15.2 Å². The standard InChI is InChI=1S/C12H15ClN4/c13-9-2-3-10-11(8-9)16-12(15-10)17-6-1-4-14-5-7-17/h2-3,8,14H,1,4-7H2,(H,15,16). The summed E-state index contributed by atoms with van der Waals surface area (Å²) >= 11 is 5.97. The maximum absolute atomic E-state index is 5.97. The molecule has 1 aliphatic heterocycles. The minimum atomic E-state index is 0.741. The van der Waals surface area contributed by atoms with Gasteiger partial charge in [-0.2, -0.15) is 0 Å². The largest absolute Gasteiger partial charge is 0.341 e. The quantitative estimate of drug-likeness (QED) is 0.814. The van der Waals surface area contributed by atoms with E-state index in [2.05, 4.69) is 20.2 Å². The fourth-order valence-corrected chi connectivity index (χ4v) is 2.35. The van der Waals surface area contributed by atoms with Crippen LogP contribution in [0.3, 0.4) is 0 Å². The first-order valence-electron chi connectivity index (χ1n) is 5.94. The topological polar surface area (TPSA) is 44.0 Å². The number of H-pyrrole nitrogens is 1. The Morgan fingerprint density at radius 1 is 1.24 bits per heavy atom. The summed E-state index contributed by atoms with van der Waals surface area (Å²) in [6.07, 6.45) is 1.15. The number of hydrogen-bond acceptors (Lipinski definition) is 3. The number of nitrogens with zero attached hydrogens (tertiary/aromatic N) is 2. The zero-order valence-corrected chi connectivity index (χ0v) is 10.3. The molecule has 0 aliphatic carbocycles. The second-order valence-electron chi connectivity index (χ2n) is 4.31. The van der Waals surface area contributed by atoms with Crippen LogP contribution >= 0.6 is 11.6 Å². The zero-order chi connectivity index (χ0) is 11.7. The van der Waals surface area contributed by atoms with Gasteiger partial charge in [-0.25, -0.2) is 4.98 Å². The van der Waals surface area contributed by atoms with E-state index < -0.39 is 0 Å². The Labute approximate surface area is 105 Å². The van der Waals surface area contributed by atoms with E-state index in [1.165, 1.54) is 0 Å². The number of fused-ring (bicyclic) bond motifs is 1. The van der Waals surface area contributed by atoms with Gasteiger partial charge in [-0.15, -0.1) is 0 Å². The molecule has 1 saturated heterocycles. The summed E-state index contributed by atoms with van der Waals surface area (Å²) in [4.78, 5) is 10.2. The van der Waals surface area contributed by atoms with Crippen molar-refractivity contribution in [3.63, 3.8) is 0 Å². The number of rotatable bonds is 1. The van der Waals surface area contributed by atoms with Crippen molar-refractivity contribution < 1.29 is 0 Å². The lowest BCUT2D eigenvalue weighted by Crippen LogP contribution is -2.28. The summed E-state index contributed by atoms with van der Waals surface area (Å²) in [7, 11) is 0. The molecule has 90 valence electrons. The summed E-state index contributed by atoms with van der Waals surface area (Å²) in [6.45, 7) is 4.13.